The van der Waals surface area contributed by atoms with E-state index in [2.05, 4.69) is 23.5 Å². The van der Waals surface area contributed by atoms with Crippen LogP contribution in [0.5, 0.6) is 0 Å². The fourth-order valence-electron chi connectivity index (χ4n) is 2.21. The molecule has 0 heterocycles. The molecule has 0 spiro atoms. The summed E-state index contributed by atoms with van der Waals surface area (Å²) < 4.78 is 39.8. The highest BCUT2D eigenvalue weighted by Crippen LogP contribution is 2.17. The molecule has 6 heteroatoms. The van der Waals surface area contributed by atoms with Gasteiger partial charge in [-0.3, -0.25) is 9.62 Å². The molecule has 1 N–H and O–H groups in total. The Morgan fingerprint density at radius 2 is 1.52 bits per heavy atom. The molecular weight excluding hydrogens is 315 g/mol. The second-order valence-electron chi connectivity index (χ2n) is 5.22. The predicted octanol–water partition coefficient (Wildman–Crippen LogP) is 3.47. The van der Waals surface area contributed by atoms with E-state index in [9.17, 15) is 12.8 Å². The number of hydrogen-bond acceptors (Lipinski definition) is 3. The van der Waals surface area contributed by atoms with Crippen LogP contribution in [0, 0.1) is 5.82 Å². The third-order valence-electron chi connectivity index (χ3n) is 3.63. The molecule has 0 amide bonds. The zero-order chi connectivity index (χ0) is 16.9. The van der Waals surface area contributed by atoms with E-state index in [4.69, 9.17) is 0 Å². The molecule has 0 fully saturated rings. The van der Waals surface area contributed by atoms with Crippen LogP contribution < -0.4 is 4.72 Å². The molecule has 0 aromatic heterocycles. The van der Waals surface area contributed by atoms with Crippen molar-refractivity contribution in [2.24, 2.45) is 0 Å². The number of sulfonamides is 1. The Kier molecular flexibility index (Phi) is 5.74. The molecular formula is C17H21FN2O2S. The van der Waals surface area contributed by atoms with Crippen molar-refractivity contribution in [2.45, 2.75) is 25.3 Å². The second-order valence-corrected chi connectivity index (χ2v) is 6.90. The number of nitrogens with one attached hydrogen (secondary N) is 1. The molecule has 0 unspecified atom stereocenters. The summed E-state index contributed by atoms with van der Waals surface area (Å²) in [6.07, 6.45) is 0. The van der Waals surface area contributed by atoms with Gasteiger partial charge in [0.2, 0.25) is 0 Å². The van der Waals surface area contributed by atoms with Crippen LogP contribution in [0.2, 0.25) is 0 Å². The summed E-state index contributed by atoms with van der Waals surface area (Å²) in [5.41, 5.74) is 1.61. The summed E-state index contributed by atoms with van der Waals surface area (Å²) in [5.74, 6) is -0.468. The van der Waals surface area contributed by atoms with Gasteiger partial charge in [0.1, 0.15) is 5.82 Å². The topological polar surface area (TPSA) is 49.4 Å². The second kappa shape index (κ2) is 7.57. The van der Waals surface area contributed by atoms with E-state index in [0.717, 1.165) is 37.3 Å². The monoisotopic (exact) mass is 336 g/mol. The summed E-state index contributed by atoms with van der Waals surface area (Å²) in [6.45, 7) is 6.98. The molecule has 124 valence electrons. The third-order valence-corrected chi connectivity index (χ3v) is 5.03. The first-order valence-corrected chi connectivity index (χ1v) is 9.02. The highest BCUT2D eigenvalue weighted by atomic mass is 32.2. The van der Waals surface area contributed by atoms with Crippen LogP contribution in [-0.2, 0) is 16.6 Å². The predicted molar refractivity (Wildman–Crippen MR) is 90.3 cm³/mol. The molecule has 2 rings (SSSR count). The highest BCUT2D eigenvalue weighted by Gasteiger charge is 2.14. The quantitative estimate of drug-likeness (QED) is 0.842. The van der Waals surface area contributed by atoms with Gasteiger partial charge < -0.3 is 0 Å². The van der Waals surface area contributed by atoms with Gasteiger partial charge in [-0.25, -0.2) is 12.8 Å². The number of halogens is 1. The summed E-state index contributed by atoms with van der Waals surface area (Å²) in [7, 11) is -3.70. The summed E-state index contributed by atoms with van der Waals surface area (Å²) in [4.78, 5) is 2.31. The third kappa shape index (κ3) is 4.77. The SMILES string of the molecule is CCN(CC)Cc1ccc(NS(=O)(=O)c2ccc(F)cc2)cc1. The molecule has 0 bridgehead atoms. The van der Waals surface area contributed by atoms with E-state index < -0.39 is 15.8 Å². The Morgan fingerprint density at radius 1 is 0.957 bits per heavy atom. The van der Waals surface area contributed by atoms with Crippen LogP contribution in [-0.4, -0.2) is 26.4 Å². The van der Waals surface area contributed by atoms with Crippen molar-refractivity contribution in [3.05, 3.63) is 59.9 Å². The largest absolute Gasteiger partial charge is 0.300 e. The first-order valence-electron chi connectivity index (χ1n) is 7.54. The Bertz CT molecular complexity index is 724. The van der Waals surface area contributed by atoms with Gasteiger partial charge in [-0.05, 0) is 55.1 Å². The van der Waals surface area contributed by atoms with Gasteiger partial charge in [0.05, 0.1) is 4.90 Å². The maximum atomic E-state index is 12.9. The van der Waals surface area contributed by atoms with Crippen LogP contribution in [0.4, 0.5) is 10.1 Å². The lowest BCUT2D eigenvalue weighted by molar-refractivity contribution is 0.296. The average Bonchev–Trinajstić information content (AvgIpc) is 2.54. The number of anilines is 1. The van der Waals surface area contributed by atoms with Gasteiger partial charge in [-0.2, -0.15) is 0 Å². The van der Waals surface area contributed by atoms with Crippen molar-refractivity contribution >= 4 is 15.7 Å². The average molecular weight is 336 g/mol. The van der Waals surface area contributed by atoms with E-state index in [1.807, 2.05) is 12.1 Å². The van der Waals surface area contributed by atoms with Gasteiger partial charge in [0, 0.05) is 12.2 Å². The number of rotatable bonds is 7. The van der Waals surface area contributed by atoms with Gasteiger partial charge in [-0.15, -0.1) is 0 Å². The van der Waals surface area contributed by atoms with Gasteiger partial charge in [0.15, 0.2) is 0 Å². The minimum Gasteiger partial charge on any atom is -0.300 e. The molecule has 2 aromatic carbocycles. The van der Waals surface area contributed by atoms with Crippen LogP contribution in [0.25, 0.3) is 0 Å². The van der Waals surface area contributed by atoms with Crippen molar-refractivity contribution < 1.29 is 12.8 Å². The van der Waals surface area contributed by atoms with Crippen LogP contribution in [0.3, 0.4) is 0 Å². The normalized spacial score (nSPS) is 11.7. The maximum Gasteiger partial charge on any atom is 0.261 e. The smallest absolute Gasteiger partial charge is 0.261 e. The molecule has 0 aliphatic carbocycles. The minimum absolute atomic E-state index is 0.0334. The summed E-state index contributed by atoms with van der Waals surface area (Å²) in [6, 6.07) is 12.0. The van der Waals surface area contributed by atoms with E-state index >= 15 is 0 Å². The molecule has 0 atom stereocenters. The van der Waals surface area contributed by atoms with E-state index in [1.54, 1.807) is 12.1 Å². The fourth-order valence-corrected chi connectivity index (χ4v) is 3.27. The van der Waals surface area contributed by atoms with Crippen LogP contribution >= 0.6 is 0 Å². The molecule has 0 saturated heterocycles. The minimum atomic E-state index is -3.70. The summed E-state index contributed by atoms with van der Waals surface area (Å²) in [5, 5.41) is 0. The van der Waals surface area contributed by atoms with Gasteiger partial charge in [-0.1, -0.05) is 26.0 Å². The number of hydrogen-bond donors (Lipinski definition) is 1. The molecule has 0 aliphatic rings. The van der Waals surface area contributed by atoms with Crippen molar-refractivity contribution in [3.8, 4) is 0 Å². The highest BCUT2D eigenvalue weighted by molar-refractivity contribution is 7.92. The first-order chi connectivity index (χ1) is 10.9. The van der Waals surface area contributed by atoms with Crippen LogP contribution in [0.15, 0.2) is 53.4 Å². The Hall–Kier alpha value is -1.92. The van der Waals surface area contributed by atoms with Crippen molar-refractivity contribution in [2.75, 3.05) is 17.8 Å². The van der Waals surface area contributed by atoms with Gasteiger partial charge >= 0.3 is 0 Å². The summed E-state index contributed by atoms with van der Waals surface area (Å²) >= 11 is 0. The van der Waals surface area contributed by atoms with Crippen molar-refractivity contribution in [3.63, 3.8) is 0 Å². The molecule has 0 saturated carbocycles. The lowest BCUT2D eigenvalue weighted by Crippen LogP contribution is -2.22. The van der Waals surface area contributed by atoms with Crippen LogP contribution in [0.1, 0.15) is 19.4 Å². The maximum absolute atomic E-state index is 12.9. The van der Waals surface area contributed by atoms with Gasteiger partial charge in [0.25, 0.3) is 10.0 Å². The first kappa shape index (κ1) is 17.4. The van der Waals surface area contributed by atoms with E-state index in [-0.39, 0.29) is 4.90 Å². The zero-order valence-corrected chi connectivity index (χ0v) is 14.1. The lowest BCUT2D eigenvalue weighted by atomic mass is 10.2. The molecule has 0 aliphatic heterocycles. The molecule has 0 radical (unpaired) electrons. The zero-order valence-electron chi connectivity index (χ0n) is 13.3. The lowest BCUT2D eigenvalue weighted by Gasteiger charge is -2.18. The molecule has 2 aromatic rings. The Balaban J connectivity index is 2.09. The Morgan fingerprint density at radius 3 is 2.04 bits per heavy atom. The van der Waals surface area contributed by atoms with E-state index in [0.29, 0.717) is 5.69 Å². The number of nitrogens with zero attached hydrogens (tertiary/aromatic N) is 1. The number of benzene rings is 2. The molecule has 4 nitrogen and oxygen atoms in total. The molecule has 23 heavy (non-hydrogen) atoms. The van der Waals surface area contributed by atoms with Crippen molar-refractivity contribution in [1.82, 2.24) is 4.90 Å². The Labute approximate surface area is 137 Å². The standard InChI is InChI=1S/C17H21FN2O2S/c1-3-20(4-2)13-14-5-9-16(10-6-14)19-23(21,22)17-11-7-15(18)8-12-17/h5-12,19H,3-4,13H2,1-2H3. The fraction of sp³-hybridized carbons (Fsp3) is 0.294. The van der Waals surface area contributed by atoms with Crippen molar-refractivity contribution in [1.29, 1.82) is 0 Å². The van der Waals surface area contributed by atoms with E-state index in [1.165, 1.54) is 12.1 Å².